The molecule has 0 saturated carbocycles. The molecule has 0 unspecified atom stereocenters. The number of hydrogen-bond donors (Lipinski definition) is 2. The summed E-state index contributed by atoms with van der Waals surface area (Å²) < 4.78 is 28.1. The summed E-state index contributed by atoms with van der Waals surface area (Å²) in [5.74, 6) is -0.525. The number of para-hydroxylation sites is 1. The zero-order chi connectivity index (χ0) is 26.0. The third-order valence-electron chi connectivity index (χ3n) is 6.00. The molecule has 3 aromatic carbocycles. The van der Waals surface area contributed by atoms with Gasteiger partial charge in [-0.2, -0.15) is 0 Å². The maximum absolute atomic E-state index is 13.3. The van der Waals surface area contributed by atoms with Gasteiger partial charge in [-0.05, 0) is 60.9 Å². The Bertz CT molecular complexity index is 1560. The number of carbonyl (C=O) groups is 2. The highest BCUT2D eigenvalue weighted by Gasteiger charge is 2.29. The van der Waals surface area contributed by atoms with Crippen LogP contribution in [0.25, 0.3) is 11.3 Å². The number of sulfonamides is 1. The maximum Gasteiger partial charge on any atom is 0.264 e. The molecule has 2 heterocycles. The van der Waals surface area contributed by atoms with Crippen molar-refractivity contribution in [1.82, 2.24) is 4.98 Å². The van der Waals surface area contributed by atoms with E-state index in [-0.39, 0.29) is 16.7 Å². The van der Waals surface area contributed by atoms with Crippen LogP contribution in [0.5, 0.6) is 0 Å². The van der Waals surface area contributed by atoms with Crippen molar-refractivity contribution in [2.45, 2.75) is 24.7 Å². The zero-order valence-electron chi connectivity index (χ0n) is 20.0. The molecule has 1 aliphatic heterocycles. The van der Waals surface area contributed by atoms with E-state index < -0.39 is 10.0 Å². The van der Waals surface area contributed by atoms with Gasteiger partial charge in [0.05, 0.1) is 16.3 Å². The zero-order valence-corrected chi connectivity index (χ0v) is 21.6. The number of thiazole rings is 1. The van der Waals surface area contributed by atoms with E-state index in [2.05, 4.69) is 15.6 Å². The minimum Gasteiger partial charge on any atom is -0.326 e. The topological polar surface area (TPSA) is 108 Å². The monoisotopic (exact) mass is 532 g/mol. The van der Waals surface area contributed by atoms with E-state index in [1.54, 1.807) is 12.1 Å². The van der Waals surface area contributed by atoms with Gasteiger partial charge in [0, 0.05) is 35.7 Å². The standard InChI is InChI=1S/C27H24N4O4S2/c1-18(32)28-22-12-8-19(9-13-22)24-17-36-27(29-24)30-26(33)21-10-14-23(15-11-21)37(34,35)31-16-4-6-20-5-2-3-7-25(20)31/h2-3,5,7-15,17H,4,6,16H2,1H3,(H,28,32)(H,29,30,33). The molecule has 0 spiro atoms. The minimum absolute atomic E-state index is 0.139. The third-order valence-corrected chi connectivity index (χ3v) is 8.58. The van der Waals surface area contributed by atoms with Crippen molar-refractivity contribution in [2.24, 2.45) is 0 Å². The van der Waals surface area contributed by atoms with Gasteiger partial charge in [0.2, 0.25) is 5.91 Å². The number of aryl methyl sites for hydroxylation is 1. The molecule has 0 atom stereocenters. The molecule has 1 aromatic heterocycles. The van der Waals surface area contributed by atoms with Crippen LogP contribution in [0.4, 0.5) is 16.5 Å². The van der Waals surface area contributed by atoms with Gasteiger partial charge in [-0.15, -0.1) is 11.3 Å². The van der Waals surface area contributed by atoms with Gasteiger partial charge in [0.25, 0.3) is 15.9 Å². The van der Waals surface area contributed by atoms with Crippen LogP contribution in [-0.2, 0) is 21.2 Å². The second-order valence-corrected chi connectivity index (χ2v) is 11.3. The molecule has 4 aromatic rings. The van der Waals surface area contributed by atoms with Crippen molar-refractivity contribution in [1.29, 1.82) is 0 Å². The van der Waals surface area contributed by atoms with Gasteiger partial charge in [-0.3, -0.25) is 19.2 Å². The fourth-order valence-electron chi connectivity index (χ4n) is 4.21. The van der Waals surface area contributed by atoms with Crippen molar-refractivity contribution in [2.75, 3.05) is 21.5 Å². The van der Waals surface area contributed by atoms with E-state index in [0.29, 0.717) is 34.3 Å². The highest BCUT2D eigenvalue weighted by atomic mass is 32.2. The number of nitrogens with one attached hydrogen (secondary N) is 2. The average molecular weight is 533 g/mol. The summed E-state index contributed by atoms with van der Waals surface area (Å²) in [4.78, 5) is 28.6. The lowest BCUT2D eigenvalue weighted by atomic mass is 10.0. The van der Waals surface area contributed by atoms with Crippen molar-refractivity contribution in [3.05, 3.63) is 89.3 Å². The second-order valence-electron chi connectivity index (χ2n) is 8.58. The van der Waals surface area contributed by atoms with Gasteiger partial charge < -0.3 is 5.32 Å². The molecule has 0 fully saturated rings. The number of fused-ring (bicyclic) bond motifs is 1. The van der Waals surface area contributed by atoms with Crippen molar-refractivity contribution < 1.29 is 18.0 Å². The predicted octanol–water partition coefficient (Wildman–Crippen LogP) is 5.16. The molecule has 1 aliphatic rings. The first-order valence-electron chi connectivity index (χ1n) is 11.7. The summed E-state index contributed by atoms with van der Waals surface area (Å²) in [6.07, 6.45) is 1.61. The van der Waals surface area contributed by atoms with E-state index in [9.17, 15) is 18.0 Å². The Kier molecular flexibility index (Phi) is 6.77. The number of nitrogens with zero attached hydrogens (tertiary/aromatic N) is 2. The van der Waals surface area contributed by atoms with Crippen LogP contribution in [0.3, 0.4) is 0 Å². The number of anilines is 3. The highest BCUT2D eigenvalue weighted by Crippen LogP contribution is 2.32. The number of hydrogen-bond acceptors (Lipinski definition) is 6. The third kappa shape index (κ3) is 5.25. The molecule has 0 radical (unpaired) electrons. The molecule has 5 rings (SSSR count). The van der Waals surface area contributed by atoms with E-state index in [1.165, 1.54) is 46.8 Å². The van der Waals surface area contributed by atoms with E-state index in [1.807, 2.05) is 41.8 Å². The number of carbonyl (C=O) groups excluding carboxylic acids is 2. The molecule has 0 aliphatic carbocycles. The molecule has 188 valence electrons. The molecule has 0 bridgehead atoms. The number of amides is 2. The normalized spacial score (nSPS) is 13.1. The molecule has 2 N–H and O–H groups in total. The Morgan fingerprint density at radius 3 is 2.41 bits per heavy atom. The number of benzene rings is 3. The first-order chi connectivity index (χ1) is 17.8. The van der Waals surface area contributed by atoms with E-state index in [4.69, 9.17) is 0 Å². The minimum atomic E-state index is -3.75. The lowest BCUT2D eigenvalue weighted by Gasteiger charge is -2.30. The summed E-state index contributed by atoms with van der Waals surface area (Å²) >= 11 is 1.29. The quantitative estimate of drug-likeness (QED) is 0.357. The summed E-state index contributed by atoms with van der Waals surface area (Å²) in [6.45, 7) is 1.87. The maximum atomic E-state index is 13.3. The summed E-state index contributed by atoms with van der Waals surface area (Å²) in [6, 6.07) is 20.7. The lowest BCUT2D eigenvalue weighted by Crippen LogP contribution is -2.35. The van der Waals surface area contributed by atoms with Crippen LogP contribution in [0.2, 0.25) is 0 Å². The Morgan fingerprint density at radius 1 is 0.946 bits per heavy atom. The molecule has 37 heavy (non-hydrogen) atoms. The average Bonchev–Trinajstić information content (AvgIpc) is 3.37. The Labute approximate surface area is 219 Å². The van der Waals surface area contributed by atoms with Gasteiger partial charge in [0.15, 0.2) is 5.13 Å². The van der Waals surface area contributed by atoms with Crippen LogP contribution in [0, 0.1) is 0 Å². The van der Waals surface area contributed by atoms with Crippen LogP contribution in [-0.4, -0.2) is 31.8 Å². The van der Waals surface area contributed by atoms with Gasteiger partial charge >= 0.3 is 0 Å². The molecular weight excluding hydrogens is 508 g/mol. The van der Waals surface area contributed by atoms with Gasteiger partial charge in [-0.1, -0.05) is 30.3 Å². The van der Waals surface area contributed by atoms with Crippen molar-refractivity contribution >= 4 is 49.7 Å². The number of aromatic nitrogens is 1. The first kappa shape index (κ1) is 24.7. The predicted molar refractivity (Wildman–Crippen MR) is 146 cm³/mol. The highest BCUT2D eigenvalue weighted by molar-refractivity contribution is 7.92. The van der Waals surface area contributed by atoms with E-state index in [0.717, 1.165) is 24.0 Å². The van der Waals surface area contributed by atoms with Crippen molar-refractivity contribution in [3.63, 3.8) is 0 Å². The van der Waals surface area contributed by atoms with Gasteiger partial charge in [-0.25, -0.2) is 13.4 Å². The largest absolute Gasteiger partial charge is 0.326 e. The van der Waals surface area contributed by atoms with Crippen LogP contribution in [0.1, 0.15) is 29.3 Å². The van der Waals surface area contributed by atoms with E-state index >= 15 is 0 Å². The van der Waals surface area contributed by atoms with Crippen LogP contribution < -0.4 is 14.9 Å². The summed E-state index contributed by atoms with van der Waals surface area (Å²) in [7, 11) is -3.75. The number of rotatable bonds is 6. The summed E-state index contributed by atoms with van der Waals surface area (Å²) in [5.41, 5.74) is 4.28. The van der Waals surface area contributed by atoms with Crippen LogP contribution in [0.15, 0.2) is 83.1 Å². The molecular formula is C27H24N4O4S2. The van der Waals surface area contributed by atoms with Gasteiger partial charge in [0.1, 0.15) is 0 Å². The summed E-state index contributed by atoms with van der Waals surface area (Å²) in [5, 5.41) is 7.74. The molecule has 10 heteroatoms. The van der Waals surface area contributed by atoms with Crippen LogP contribution >= 0.6 is 11.3 Å². The molecule has 2 amide bonds. The Morgan fingerprint density at radius 2 is 1.68 bits per heavy atom. The fourth-order valence-corrected chi connectivity index (χ4v) is 6.47. The fraction of sp³-hybridized carbons (Fsp3) is 0.148. The molecule has 8 nitrogen and oxygen atoms in total. The Hall–Kier alpha value is -4.02. The second kappa shape index (κ2) is 10.2. The van der Waals surface area contributed by atoms with Crippen molar-refractivity contribution in [3.8, 4) is 11.3 Å². The first-order valence-corrected chi connectivity index (χ1v) is 14.0. The SMILES string of the molecule is CC(=O)Nc1ccc(-c2csc(NC(=O)c3ccc(S(=O)(=O)N4CCCc5ccccc54)cc3)n2)cc1. The Balaban J connectivity index is 1.28. The smallest absolute Gasteiger partial charge is 0.264 e. The molecule has 0 saturated heterocycles. The lowest BCUT2D eigenvalue weighted by molar-refractivity contribution is -0.114.